The van der Waals surface area contributed by atoms with Crippen LogP contribution >= 0.6 is 0 Å². The first kappa shape index (κ1) is 15.2. The monoisotopic (exact) mass is 264 g/mol. The lowest BCUT2D eigenvalue weighted by molar-refractivity contribution is -0.121. The molecule has 0 bridgehead atoms. The highest BCUT2D eigenvalue weighted by Gasteiger charge is 2.16. The maximum absolute atomic E-state index is 12.2. The molecule has 0 saturated heterocycles. The SMILES string of the molecule is CCN(CC(=O)NC)CC(=O)c1ccccc1OC. The zero-order chi connectivity index (χ0) is 14.3. The van der Waals surface area contributed by atoms with Crippen molar-refractivity contribution in [3.63, 3.8) is 0 Å². The van der Waals surface area contributed by atoms with E-state index in [0.717, 1.165) is 0 Å². The summed E-state index contributed by atoms with van der Waals surface area (Å²) < 4.78 is 5.17. The largest absolute Gasteiger partial charge is 0.496 e. The Morgan fingerprint density at radius 1 is 1.26 bits per heavy atom. The molecule has 1 N–H and O–H groups in total. The van der Waals surface area contributed by atoms with Gasteiger partial charge in [-0.15, -0.1) is 0 Å². The van der Waals surface area contributed by atoms with Crippen LogP contribution in [0.4, 0.5) is 0 Å². The molecule has 0 radical (unpaired) electrons. The molecule has 0 aliphatic carbocycles. The fourth-order valence-corrected chi connectivity index (χ4v) is 1.72. The second kappa shape index (κ2) is 7.53. The Morgan fingerprint density at radius 2 is 1.95 bits per heavy atom. The van der Waals surface area contributed by atoms with E-state index in [-0.39, 0.29) is 24.8 Å². The van der Waals surface area contributed by atoms with Crippen molar-refractivity contribution in [3.8, 4) is 5.75 Å². The van der Waals surface area contributed by atoms with Crippen molar-refractivity contribution >= 4 is 11.7 Å². The Labute approximate surface area is 113 Å². The van der Waals surface area contributed by atoms with E-state index >= 15 is 0 Å². The van der Waals surface area contributed by atoms with Crippen molar-refractivity contribution < 1.29 is 14.3 Å². The quantitative estimate of drug-likeness (QED) is 0.745. The molecule has 0 heterocycles. The number of ether oxygens (including phenoxy) is 1. The normalized spacial score (nSPS) is 10.3. The minimum atomic E-state index is -0.102. The molecule has 0 fully saturated rings. The Bertz CT molecular complexity index is 446. The molecular formula is C14H20N2O3. The maximum Gasteiger partial charge on any atom is 0.233 e. The Morgan fingerprint density at radius 3 is 2.53 bits per heavy atom. The average Bonchev–Trinajstić information content (AvgIpc) is 2.45. The van der Waals surface area contributed by atoms with E-state index in [1.807, 2.05) is 13.0 Å². The highest BCUT2D eigenvalue weighted by Crippen LogP contribution is 2.18. The third-order valence-electron chi connectivity index (χ3n) is 2.87. The molecule has 0 saturated carbocycles. The van der Waals surface area contributed by atoms with Crippen LogP contribution < -0.4 is 10.1 Å². The number of ketones is 1. The smallest absolute Gasteiger partial charge is 0.233 e. The van der Waals surface area contributed by atoms with Crippen molar-refractivity contribution in [2.24, 2.45) is 0 Å². The molecule has 104 valence electrons. The van der Waals surface area contributed by atoms with Crippen LogP contribution in [0.15, 0.2) is 24.3 Å². The molecule has 5 nitrogen and oxygen atoms in total. The number of Topliss-reactive ketones (excluding diaryl/α,β-unsaturated/α-hetero) is 1. The molecule has 1 aromatic rings. The molecule has 0 atom stereocenters. The Hall–Kier alpha value is -1.88. The summed E-state index contributed by atoms with van der Waals surface area (Å²) in [6, 6.07) is 7.10. The van der Waals surface area contributed by atoms with E-state index in [9.17, 15) is 9.59 Å². The first-order valence-electron chi connectivity index (χ1n) is 6.21. The van der Waals surface area contributed by atoms with E-state index in [1.165, 1.54) is 7.11 Å². The van der Waals surface area contributed by atoms with Crippen molar-refractivity contribution in [2.45, 2.75) is 6.92 Å². The molecule has 0 spiro atoms. The standard InChI is InChI=1S/C14H20N2O3/c1-4-16(10-14(18)15-2)9-12(17)11-7-5-6-8-13(11)19-3/h5-8H,4,9-10H2,1-3H3,(H,15,18). The minimum absolute atomic E-state index is 0.0526. The number of benzene rings is 1. The topological polar surface area (TPSA) is 58.6 Å². The number of nitrogens with zero attached hydrogens (tertiary/aromatic N) is 1. The summed E-state index contributed by atoms with van der Waals surface area (Å²) in [5, 5.41) is 2.55. The first-order chi connectivity index (χ1) is 9.12. The lowest BCUT2D eigenvalue weighted by Gasteiger charge is -2.19. The summed E-state index contributed by atoms with van der Waals surface area (Å²) in [6.07, 6.45) is 0. The molecule has 1 rings (SSSR count). The number of rotatable bonds is 7. The van der Waals surface area contributed by atoms with Gasteiger partial charge in [0.2, 0.25) is 5.91 Å². The van der Waals surface area contributed by atoms with E-state index in [2.05, 4.69) is 5.32 Å². The number of carbonyl (C=O) groups is 2. The average molecular weight is 264 g/mol. The third kappa shape index (κ3) is 4.37. The van der Waals surface area contributed by atoms with Crippen LogP contribution in [0.3, 0.4) is 0 Å². The number of methoxy groups -OCH3 is 1. The van der Waals surface area contributed by atoms with Crippen LogP contribution in [0.1, 0.15) is 17.3 Å². The van der Waals surface area contributed by atoms with Crippen LogP contribution in [-0.4, -0.2) is 50.4 Å². The van der Waals surface area contributed by atoms with Crippen LogP contribution in [0.25, 0.3) is 0 Å². The van der Waals surface area contributed by atoms with Crippen LogP contribution in [0.5, 0.6) is 5.75 Å². The van der Waals surface area contributed by atoms with Gasteiger partial charge < -0.3 is 10.1 Å². The van der Waals surface area contributed by atoms with E-state index < -0.39 is 0 Å². The summed E-state index contributed by atoms with van der Waals surface area (Å²) >= 11 is 0. The predicted octanol–water partition coefficient (Wildman–Crippen LogP) is 0.946. The maximum atomic E-state index is 12.2. The van der Waals surface area contributed by atoms with E-state index in [4.69, 9.17) is 4.74 Å². The van der Waals surface area contributed by atoms with Gasteiger partial charge in [0.25, 0.3) is 0 Å². The van der Waals surface area contributed by atoms with Gasteiger partial charge in [-0.25, -0.2) is 0 Å². The second-order valence-electron chi connectivity index (χ2n) is 4.10. The lowest BCUT2D eigenvalue weighted by atomic mass is 10.1. The van der Waals surface area contributed by atoms with Gasteiger partial charge in [0.05, 0.1) is 25.8 Å². The predicted molar refractivity (Wildman–Crippen MR) is 73.5 cm³/mol. The second-order valence-corrected chi connectivity index (χ2v) is 4.10. The lowest BCUT2D eigenvalue weighted by Crippen LogP contribution is -2.38. The summed E-state index contributed by atoms with van der Waals surface area (Å²) in [7, 11) is 3.12. The molecule has 1 aromatic carbocycles. The van der Waals surface area contributed by atoms with Crippen LogP contribution in [-0.2, 0) is 4.79 Å². The number of para-hydroxylation sites is 1. The number of amides is 1. The Kier molecular flexibility index (Phi) is 6.02. The third-order valence-corrected chi connectivity index (χ3v) is 2.87. The van der Waals surface area contributed by atoms with Crippen LogP contribution in [0.2, 0.25) is 0 Å². The molecule has 0 aromatic heterocycles. The first-order valence-corrected chi connectivity index (χ1v) is 6.21. The zero-order valence-electron chi connectivity index (χ0n) is 11.6. The number of nitrogens with one attached hydrogen (secondary N) is 1. The van der Waals surface area contributed by atoms with Gasteiger partial charge in [-0.05, 0) is 18.7 Å². The van der Waals surface area contributed by atoms with E-state index in [0.29, 0.717) is 17.9 Å². The molecule has 0 aliphatic heterocycles. The summed E-state index contributed by atoms with van der Waals surface area (Å²) in [4.78, 5) is 25.3. The number of hydrogen-bond acceptors (Lipinski definition) is 4. The van der Waals surface area contributed by atoms with Crippen molar-refractivity contribution in [3.05, 3.63) is 29.8 Å². The van der Waals surface area contributed by atoms with Crippen molar-refractivity contribution in [2.75, 3.05) is 33.8 Å². The summed E-state index contributed by atoms with van der Waals surface area (Å²) in [5.41, 5.74) is 0.542. The fourth-order valence-electron chi connectivity index (χ4n) is 1.72. The Balaban J connectivity index is 2.74. The highest BCUT2D eigenvalue weighted by atomic mass is 16.5. The summed E-state index contributed by atoms with van der Waals surface area (Å²) in [5.74, 6) is 0.404. The van der Waals surface area contributed by atoms with E-state index in [1.54, 1.807) is 30.1 Å². The van der Waals surface area contributed by atoms with Gasteiger partial charge in [0.1, 0.15) is 5.75 Å². The molecule has 5 heteroatoms. The molecule has 0 unspecified atom stereocenters. The molecule has 0 aliphatic rings. The van der Waals surface area contributed by atoms with Crippen molar-refractivity contribution in [1.29, 1.82) is 0 Å². The molecular weight excluding hydrogens is 244 g/mol. The number of hydrogen-bond donors (Lipinski definition) is 1. The van der Waals surface area contributed by atoms with Gasteiger partial charge in [-0.2, -0.15) is 0 Å². The zero-order valence-corrected chi connectivity index (χ0v) is 11.6. The minimum Gasteiger partial charge on any atom is -0.496 e. The molecule has 1 amide bonds. The summed E-state index contributed by atoms with van der Waals surface area (Å²) in [6.45, 7) is 2.96. The highest BCUT2D eigenvalue weighted by molar-refractivity contribution is 6.00. The van der Waals surface area contributed by atoms with Gasteiger partial charge in [0.15, 0.2) is 5.78 Å². The van der Waals surface area contributed by atoms with Gasteiger partial charge >= 0.3 is 0 Å². The van der Waals surface area contributed by atoms with Gasteiger partial charge in [-0.1, -0.05) is 19.1 Å². The fraction of sp³-hybridized carbons (Fsp3) is 0.429. The molecule has 19 heavy (non-hydrogen) atoms. The number of likely N-dealkylation sites (N-methyl/N-ethyl adjacent to an activating group) is 2. The number of carbonyl (C=O) groups excluding carboxylic acids is 2. The van der Waals surface area contributed by atoms with Gasteiger partial charge in [-0.3, -0.25) is 14.5 Å². The van der Waals surface area contributed by atoms with Crippen LogP contribution in [0, 0.1) is 0 Å². The van der Waals surface area contributed by atoms with Gasteiger partial charge in [0, 0.05) is 7.05 Å². The van der Waals surface area contributed by atoms with Crippen molar-refractivity contribution in [1.82, 2.24) is 10.2 Å².